The quantitative estimate of drug-likeness (QED) is 0.369. The number of ether oxygens (including phenoxy) is 2. The van der Waals surface area contributed by atoms with E-state index in [0.717, 1.165) is 4.31 Å². The molecule has 1 atom stereocenters. The number of benzene rings is 3. The van der Waals surface area contributed by atoms with Crippen molar-refractivity contribution < 1.29 is 31.9 Å². The van der Waals surface area contributed by atoms with Gasteiger partial charge in [-0.25, -0.2) is 12.8 Å². The Morgan fingerprint density at radius 1 is 0.952 bits per heavy atom. The van der Waals surface area contributed by atoms with E-state index in [4.69, 9.17) is 9.47 Å². The highest BCUT2D eigenvalue weighted by Gasteiger charge is 2.35. The zero-order chi connectivity index (χ0) is 30.5. The number of rotatable bonds is 10. The van der Waals surface area contributed by atoms with Crippen LogP contribution in [0.15, 0.2) is 77.7 Å². The summed E-state index contributed by atoms with van der Waals surface area (Å²) in [6.07, 6.45) is 0.268. The first-order valence-electron chi connectivity index (χ1n) is 13.7. The van der Waals surface area contributed by atoms with Gasteiger partial charge in [0.2, 0.25) is 11.8 Å². The van der Waals surface area contributed by atoms with Gasteiger partial charge < -0.3 is 19.7 Å². The molecule has 42 heavy (non-hydrogen) atoms. The van der Waals surface area contributed by atoms with Gasteiger partial charge in [0, 0.05) is 18.2 Å². The summed E-state index contributed by atoms with van der Waals surface area (Å²) in [7, 11) is -4.23. The summed E-state index contributed by atoms with van der Waals surface area (Å²) in [5.41, 5.74) is 0.220. The average molecular weight is 598 g/mol. The Morgan fingerprint density at radius 3 is 2.21 bits per heavy atom. The van der Waals surface area contributed by atoms with Crippen molar-refractivity contribution in [1.82, 2.24) is 10.2 Å². The number of hydrogen-bond donors (Lipinski definition) is 1. The molecule has 0 bridgehead atoms. The van der Waals surface area contributed by atoms with E-state index in [1.807, 2.05) is 20.8 Å². The number of hydrogen-bond acceptors (Lipinski definition) is 6. The Morgan fingerprint density at radius 2 is 1.60 bits per heavy atom. The Hall–Kier alpha value is -4.12. The lowest BCUT2D eigenvalue weighted by atomic mass is 10.1. The molecule has 0 saturated heterocycles. The summed E-state index contributed by atoms with van der Waals surface area (Å²) in [5, 5.41) is 2.92. The third kappa shape index (κ3) is 7.39. The van der Waals surface area contributed by atoms with Gasteiger partial charge in [-0.15, -0.1) is 0 Å². The van der Waals surface area contributed by atoms with Crippen LogP contribution in [0.1, 0.15) is 39.7 Å². The number of amides is 2. The molecule has 0 saturated carbocycles. The minimum absolute atomic E-state index is 0.00436. The van der Waals surface area contributed by atoms with E-state index in [1.54, 1.807) is 37.3 Å². The summed E-state index contributed by atoms with van der Waals surface area (Å²) in [6.45, 7) is 7.31. The van der Waals surface area contributed by atoms with E-state index < -0.39 is 39.9 Å². The lowest BCUT2D eigenvalue weighted by Crippen LogP contribution is -2.55. The smallest absolute Gasteiger partial charge is 0.264 e. The van der Waals surface area contributed by atoms with Gasteiger partial charge in [0.1, 0.15) is 31.6 Å². The predicted molar refractivity (Wildman–Crippen MR) is 157 cm³/mol. The van der Waals surface area contributed by atoms with Crippen LogP contribution in [0.4, 0.5) is 10.1 Å². The molecule has 0 aromatic heterocycles. The molecule has 224 valence electrons. The minimum atomic E-state index is -4.23. The van der Waals surface area contributed by atoms with E-state index >= 15 is 0 Å². The third-order valence-corrected chi connectivity index (χ3v) is 8.36. The molecule has 2 amide bonds. The van der Waals surface area contributed by atoms with Crippen molar-refractivity contribution in [1.29, 1.82) is 0 Å². The minimum Gasteiger partial charge on any atom is -0.486 e. The van der Waals surface area contributed by atoms with Gasteiger partial charge in [-0.3, -0.25) is 13.9 Å². The highest BCUT2D eigenvalue weighted by Crippen LogP contribution is 2.36. The predicted octanol–water partition coefficient (Wildman–Crippen LogP) is 4.51. The first-order valence-corrected chi connectivity index (χ1v) is 15.2. The van der Waals surface area contributed by atoms with E-state index in [-0.39, 0.29) is 29.5 Å². The average Bonchev–Trinajstić information content (AvgIpc) is 2.96. The number of halogens is 1. The van der Waals surface area contributed by atoms with Gasteiger partial charge in [0.25, 0.3) is 10.0 Å². The normalized spacial score (nSPS) is 13.6. The first-order chi connectivity index (χ1) is 19.9. The molecular weight excluding hydrogens is 561 g/mol. The molecule has 4 rings (SSSR count). The Bertz CT molecular complexity index is 1510. The van der Waals surface area contributed by atoms with Crippen molar-refractivity contribution in [3.8, 4) is 11.5 Å². The molecule has 0 radical (unpaired) electrons. The van der Waals surface area contributed by atoms with Crippen LogP contribution in [0.2, 0.25) is 0 Å². The number of carbonyl (C=O) groups is 2. The fraction of sp³-hybridized carbons (Fsp3) is 0.355. The largest absolute Gasteiger partial charge is 0.486 e. The van der Waals surface area contributed by atoms with Crippen LogP contribution in [0.25, 0.3) is 0 Å². The van der Waals surface area contributed by atoms with Crippen LogP contribution in [-0.2, 0) is 26.2 Å². The summed E-state index contributed by atoms with van der Waals surface area (Å²) in [5.74, 6) is -0.593. The summed E-state index contributed by atoms with van der Waals surface area (Å²) >= 11 is 0. The van der Waals surface area contributed by atoms with Gasteiger partial charge in [0.05, 0.1) is 10.6 Å². The summed E-state index contributed by atoms with van der Waals surface area (Å²) in [4.78, 5) is 28.9. The molecule has 1 aliphatic heterocycles. The second kappa shape index (κ2) is 12.8. The Balaban J connectivity index is 1.76. The number of carbonyl (C=O) groups excluding carboxylic acids is 2. The Kier molecular flexibility index (Phi) is 9.40. The van der Waals surface area contributed by atoms with Crippen LogP contribution in [0.3, 0.4) is 0 Å². The van der Waals surface area contributed by atoms with Crippen molar-refractivity contribution in [2.24, 2.45) is 0 Å². The molecule has 0 fully saturated rings. The zero-order valence-electron chi connectivity index (χ0n) is 24.2. The highest BCUT2D eigenvalue weighted by atomic mass is 32.2. The molecule has 0 aliphatic carbocycles. The number of nitrogens with zero attached hydrogens (tertiary/aromatic N) is 2. The van der Waals surface area contributed by atoms with Gasteiger partial charge in [0.15, 0.2) is 11.5 Å². The third-order valence-electron chi connectivity index (χ3n) is 6.57. The maximum absolute atomic E-state index is 14.1. The summed E-state index contributed by atoms with van der Waals surface area (Å²) < 4.78 is 53.9. The van der Waals surface area contributed by atoms with Crippen molar-refractivity contribution in [3.63, 3.8) is 0 Å². The van der Waals surface area contributed by atoms with E-state index in [0.29, 0.717) is 30.3 Å². The molecule has 3 aromatic rings. The monoisotopic (exact) mass is 597 g/mol. The van der Waals surface area contributed by atoms with Crippen LogP contribution in [0, 0.1) is 5.82 Å². The lowest BCUT2D eigenvalue weighted by molar-refractivity contribution is -0.141. The maximum Gasteiger partial charge on any atom is 0.264 e. The number of sulfonamides is 1. The zero-order valence-corrected chi connectivity index (χ0v) is 25.0. The highest BCUT2D eigenvalue weighted by molar-refractivity contribution is 7.92. The van der Waals surface area contributed by atoms with Crippen LogP contribution >= 0.6 is 0 Å². The molecule has 3 aromatic carbocycles. The van der Waals surface area contributed by atoms with Crippen molar-refractivity contribution >= 4 is 27.5 Å². The molecule has 0 spiro atoms. The number of anilines is 1. The fourth-order valence-corrected chi connectivity index (χ4v) is 6.02. The number of nitrogens with one attached hydrogen (secondary N) is 1. The molecular formula is C31H36FN3O6S. The van der Waals surface area contributed by atoms with Crippen molar-refractivity contribution in [2.45, 2.75) is 57.1 Å². The van der Waals surface area contributed by atoms with Gasteiger partial charge in [-0.1, -0.05) is 37.3 Å². The summed E-state index contributed by atoms with van der Waals surface area (Å²) in [6, 6.07) is 17.2. The van der Waals surface area contributed by atoms with Crippen LogP contribution < -0.4 is 19.1 Å². The molecule has 9 nitrogen and oxygen atoms in total. The molecule has 1 heterocycles. The molecule has 1 N–H and O–H groups in total. The van der Waals surface area contributed by atoms with E-state index in [1.165, 1.54) is 47.4 Å². The Labute approximate surface area is 246 Å². The number of fused-ring (bicyclic) bond motifs is 1. The van der Waals surface area contributed by atoms with Crippen molar-refractivity contribution in [3.05, 3.63) is 84.2 Å². The van der Waals surface area contributed by atoms with Crippen LogP contribution in [-0.4, -0.2) is 56.5 Å². The van der Waals surface area contributed by atoms with E-state index in [9.17, 15) is 22.4 Å². The van der Waals surface area contributed by atoms with Gasteiger partial charge >= 0.3 is 0 Å². The second-order valence-corrected chi connectivity index (χ2v) is 12.8. The van der Waals surface area contributed by atoms with Crippen LogP contribution in [0.5, 0.6) is 11.5 Å². The van der Waals surface area contributed by atoms with Gasteiger partial charge in [-0.05, 0) is 69.2 Å². The second-order valence-electron chi connectivity index (χ2n) is 11.0. The SMILES string of the molecule is CC[C@@H](C(=O)NC(C)(C)C)N(Cc1ccc(F)cc1)C(=O)CN(c1ccc2c(c1)OCCO2)S(=O)(=O)c1ccccc1. The topological polar surface area (TPSA) is 105 Å². The maximum atomic E-state index is 14.1. The van der Waals surface area contributed by atoms with Gasteiger partial charge in [-0.2, -0.15) is 0 Å². The molecule has 1 aliphatic rings. The standard InChI is InChI=1S/C31H36FN3O6S/c1-5-26(30(37)33-31(2,3)4)34(20-22-11-13-23(32)14-12-22)29(36)21-35(42(38,39)25-9-7-6-8-10-25)24-15-16-27-28(19-24)41-18-17-40-27/h6-16,19,26H,5,17-18,20-21H2,1-4H3,(H,33,37)/t26-/m0/s1. The first kappa shape index (κ1) is 30.8. The van der Waals surface area contributed by atoms with Crippen molar-refractivity contribution in [2.75, 3.05) is 24.1 Å². The lowest BCUT2D eigenvalue weighted by Gasteiger charge is -2.35. The molecule has 0 unspecified atom stereocenters. The van der Waals surface area contributed by atoms with E-state index in [2.05, 4.69) is 5.32 Å². The fourth-order valence-electron chi connectivity index (χ4n) is 4.59. The molecule has 11 heteroatoms.